The van der Waals surface area contributed by atoms with Gasteiger partial charge in [0, 0.05) is 24.0 Å². The molecule has 3 aromatic rings. The lowest BCUT2D eigenvalue weighted by Gasteiger charge is -2.11. The normalized spacial score (nSPS) is 10.3. The van der Waals surface area contributed by atoms with Gasteiger partial charge in [-0.1, -0.05) is 48.5 Å². The largest absolute Gasteiger partial charge is 0.366 e. The van der Waals surface area contributed by atoms with E-state index in [1.54, 1.807) is 0 Å². The first kappa shape index (κ1) is 15.0. The molecular formula is C19H20N4. The zero-order chi connectivity index (χ0) is 16.1. The van der Waals surface area contributed by atoms with Gasteiger partial charge in [0.05, 0.1) is 0 Å². The van der Waals surface area contributed by atoms with Crippen LogP contribution in [0.15, 0.2) is 60.7 Å². The highest BCUT2D eigenvalue weighted by atomic mass is 15.1. The van der Waals surface area contributed by atoms with E-state index in [0.29, 0.717) is 5.95 Å². The van der Waals surface area contributed by atoms with Crippen LogP contribution in [0.5, 0.6) is 0 Å². The van der Waals surface area contributed by atoms with E-state index in [2.05, 4.69) is 45.7 Å². The maximum absolute atomic E-state index is 4.55. The van der Waals surface area contributed by atoms with E-state index < -0.39 is 0 Å². The summed E-state index contributed by atoms with van der Waals surface area (Å²) in [6, 6.07) is 20.3. The summed E-state index contributed by atoms with van der Waals surface area (Å²) in [4.78, 5) is 9.01. The van der Waals surface area contributed by atoms with Gasteiger partial charge in [0.2, 0.25) is 5.95 Å². The molecule has 0 saturated heterocycles. The van der Waals surface area contributed by atoms with Crippen LogP contribution in [0.25, 0.3) is 0 Å². The van der Waals surface area contributed by atoms with Gasteiger partial charge >= 0.3 is 0 Å². The predicted molar refractivity (Wildman–Crippen MR) is 95.0 cm³/mol. The van der Waals surface area contributed by atoms with Crippen molar-refractivity contribution >= 4 is 17.5 Å². The Hall–Kier alpha value is -2.88. The molecule has 4 heteroatoms. The minimum Gasteiger partial charge on any atom is -0.366 e. The molecule has 0 atom stereocenters. The third-order valence-corrected chi connectivity index (χ3v) is 3.56. The first-order valence-electron chi connectivity index (χ1n) is 7.67. The molecule has 4 nitrogen and oxygen atoms in total. The molecule has 0 bridgehead atoms. The molecule has 1 heterocycles. The van der Waals surface area contributed by atoms with Gasteiger partial charge in [-0.25, -0.2) is 4.98 Å². The number of nitrogens with one attached hydrogen (secondary N) is 2. The number of nitrogens with zero attached hydrogens (tertiary/aromatic N) is 2. The lowest BCUT2D eigenvalue weighted by atomic mass is 10.2. The van der Waals surface area contributed by atoms with Crippen LogP contribution in [0.4, 0.5) is 17.5 Å². The third-order valence-electron chi connectivity index (χ3n) is 3.56. The summed E-state index contributed by atoms with van der Waals surface area (Å²) in [5, 5.41) is 6.64. The topological polar surface area (TPSA) is 49.8 Å². The number of hydrogen-bond donors (Lipinski definition) is 2. The van der Waals surface area contributed by atoms with E-state index in [-0.39, 0.29) is 0 Å². The summed E-state index contributed by atoms with van der Waals surface area (Å²) < 4.78 is 0. The van der Waals surface area contributed by atoms with Gasteiger partial charge in [-0.3, -0.25) is 0 Å². The Morgan fingerprint density at radius 3 is 2.39 bits per heavy atom. The lowest BCUT2D eigenvalue weighted by Crippen LogP contribution is -2.06. The fourth-order valence-electron chi connectivity index (χ4n) is 2.34. The van der Waals surface area contributed by atoms with E-state index >= 15 is 0 Å². The van der Waals surface area contributed by atoms with Gasteiger partial charge in [-0.05, 0) is 31.0 Å². The quantitative estimate of drug-likeness (QED) is 0.731. The molecule has 23 heavy (non-hydrogen) atoms. The number of aryl methyl sites for hydroxylation is 2. The van der Waals surface area contributed by atoms with Crippen LogP contribution in [0.1, 0.15) is 16.8 Å². The molecule has 0 aliphatic carbocycles. The number of benzene rings is 2. The Morgan fingerprint density at radius 1 is 0.870 bits per heavy atom. The van der Waals surface area contributed by atoms with Crippen molar-refractivity contribution in [2.45, 2.75) is 20.4 Å². The van der Waals surface area contributed by atoms with Crippen LogP contribution in [0.2, 0.25) is 0 Å². The lowest BCUT2D eigenvalue weighted by molar-refractivity contribution is 1.06. The summed E-state index contributed by atoms with van der Waals surface area (Å²) in [6.07, 6.45) is 0. The number of hydrogen-bond acceptors (Lipinski definition) is 4. The molecule has 0 radical (unpaired) electrons. The number of para-hydroxylation sites is 1. The first-order valence-corrected chi connectivity index (χ1v) is 7.67. The summed E-state index contributed by atoms with van der Waals surface area (Å²) >= 11 is 0. The van der Waals surface area contributed by atoms with Crippen molar-refractivity contribution < 1.29 is 0 Å². The van der Waals surface area contributed by atoms with Crippen LogP contribution in [0.3, 0.4) is 0 Å². The molecule has 0 fully saturated rings. The first-order chi connectivity index (χ1) is 11.2. The van der Waals surface area contributed by atoms with Gasteiger partial charge in [-0.2, -0.15) is 4.98 Å². The molecule has 0 amide bonds. The van der Waals surface area contributed by atoms with Gasteiger partial charge in [0.25, 0.3) is 0 Å². The van der Waals surface area contributed by atoms with Crippen LogP contribution in [-0.2, 0) is 6.54 Å². The molecule has 0 unspecified atom stereocenters. The zero-order valence-corrected chi connectivity index (χ0v) is 13.4. The monoisotopic (exact) mass is 304 g/mol. The minimum absolute atomic E-state index is 0.606. The van der Waals surface area contributed by atoms with Crippen molar-refractivity contribution in [3.05, 3.63) is 77.5 Å². The molecule has 3 rings (SSSR count). The smallest absolute Gasteiger partial charge is 0.229 e. The van der Waals surface area contributed by atoms with Crippen molar-refractivity contribution in [1.82, 2.24) is 9.97 Å². The maximum atomic E-state index is 4.55. The summed E-state index contributed by atoms with van der Waals surface area (Å²) in [5.74, 6) is 1.42. The predicted octanol–water partition coefficient (Wildman–Crippen LogP) is 4.45. The van der Waals surface area contributed by atoms with Gasteiger partial charge in [-0.15, -0.1) is 0 Å². The third kappa shape index (κ3) is 4.07. The van der Waals surface area contributed by atoms with Gasteiger partial charge in [0.1, 0.15) is 5.82 Å². The zero-order valence-electron chi connectivity index (χ0n) is 13.4. The van der Waals surface area contributed by atoms with Crippen molar-refractivity contribution in [1.29, 1.82) is 0 Å². The highest BCUT2D eigenvalue weighted by molar-refractivity contribution is 5.59. The molecule has 0 aliphatic heterocycles. The van der Waals surface area contributed by atoms with Crippen molar-refractivity contribution in [3.63, 3.8) is 0 Å². The van der Waals surface area contributed by atoms with Crippen molar-refractivity contribution in [2.75, 3.05) is 10.6 Å². The van der Waals surface area contributed by atoms with E-state index in [9.17, 15) is 0 Å². The van der Waals surface area contributed by atoms with E-state index in [4.69, 9.17) is 0 Å². The van der Waals surface area contributed by atoms with E-state index in [1.165, 1.54) is 5.56 Å². The SMILES string of the molecule is Cc1cc(NCc2ccccc2)nc(Nc2ccccc2C)n1. The van der Waals surface area contributed by atoms with Gasteiger partial charge in [0.15, 0.2) is 0 Å². The molecular weight excluding hydrogens is 284 g/mol. The number of rotatable bonds is 5. The molecule has 1 aromatic heterocycles. The molecule has 0 aliphatic rings. The second-order valence-electron chi connectivity index (χ2n) is 5.50. The van der Waals surface area contributed by atoms with Gasteiger partial charge < -0.3 is 10.6 Å². The molecule has 2 aromatic carbocycles. The maximum Gasteiger partial charge on any atom is 0.229 e. The Labute approximate surface area is 136 Å². The Bertz CT molecular complexity index is 784. The molecule has 116 valence electrons. The highest BCUT2D eigenvalue weighted by Gasteiger charge is 2.04. The van der Waals surface area contributed by atoms with Crippen LogP contribution in [-0.4, -0.2) is 9.97 Å². The average molecular weight is 304 g/mol. The second kappa shape index (κ2) is 6.92. The molecule has 0 saturated carbocycles. The van der Waals surface area contributed by atoms with Crippen LogP contribution < -0.4 is 10.6 Å². The van der Waals surface area contributed by atoms with Crippen molar-refractivity contribution in [2.24, 2.45) is 0 Å². The Balaban J connectivity index is 1.75. The van der Waals surface area contributed by atoms with E-state index in [0.717, 1.165) is 29.3 Å². The number of aromatic nitrogens is 2. The highest BCUT2D eigenvalue weighted by Crippen LogP contribution is 2.19. The Kier molecular flexibility index (Phi) is 4.52. The molecule has 0 spiro atoms. The van der Waals surface area contributed by atoms with E-state index in [1.807, 2.05) is 49.4 Å². The van der Waals surface area contributed by atoms with Crippen LogP contribution in [0, 0.1) is 13.8 Å². The second-order valence-corrected chi connectivity index (χ2v) is 5.50. The molecule has 2 N–H and O–H groups in total. The standard InChI is InChI=1S/C19H20N4/c1-14-8-6-7-11-17(14)22-19-21-15(2)12-18(23-19)20-13-16-9-4-3-5-10-16/h3-12H,13H2,1-2H3,(H2,20,21,22,23). The fourth-order valence-corrected chi connectivity index (χ4v) is 2.34. The minimum atomic E-state index is 0.606. The average Bonchev–Trinajstić information content (AvgIpc) is 2.56. The summed E-state index contributed by atoms with van der Waals surface area (Å²) in [6.45, 7) is 4.77. The number of anilines is 3. The summed E-state index contributed by atoms with van der Waals surface area (Å²) in [7, 11) is 0. The summed E-state index contributed by atoms with van der Waals surface area (Å²) in [5.41, 5.74) is 4.33. The Morgan fingerprint density at radius 2 is 1.61 bits per heavy atom. The van der Waals surface area contributed by atoms with Crippen LogP contribution >= 0.6 is 0 Å². The van der Waals surface area contributed by atoms with Crippen molar-refractivity contribution in [3.8, 4) is 0 Å². The fraction of sp³-hybridized carbons (Fsp3) is 0.158.